The largest absolute Gasteiger partial charge is 0.354 e. The SMILES string of the molecule is CCCNC(=O)[C@@H](Cc1ccccc1)N(Cc1ccc(Br)cc1)C(=O)Cc1ccccc1C. The van der Waals surface area contributed by atoms with Crippen LogP contribution in [0, 0.1) is 6.92 Å². The molecule has 3 aromatic rings. The molecule has 0 aliphatic heterocycles. The van der Waals surface area contributed by atoms with Crippen molar-refractivity contribution < 1.29 is 9.59 Å². The number of amides is 2. The lowest BCUT2D eigenvalue weighted by molar-refractivity contribution is -0.140. The summed E-state index contributed by atoms with van der Waals surface area (Å²) in [7, 11) is 0. The lowest BCUT2D eigenvalue weighted by atomic mass is 10.00. The number of nitrogens with one attached hydrogen (secondary N) is 1. The molecule has 5 heteroatoms. The fraction of sp³-hybridized carbons (Fsp3) is 0.286. The number of carbonyl (C=O) groups excluding carboxylic acids is 2. The highest BCUT2D eigenvalue weighted by Gasteiger charge is 2.30. The number of nitrogens with zero attached hydrogens (tertiary/aromatic N) is 1. The number of benzene rings is 3. The summed E-state index contributed by atoms with van der Waals surface area (Å²) in [6.45, 7) is 4.99. The second kappa shape index (κ2) is 12.4. The van der Waals surface area contributed by atoms with Gasteiger partial charge < -0.3 is 10.2 Å². The third-order valence-corrected chi connectivity index (χ3v) is 6.22. The molecule has 2 amide bonds. The Morgan fingerprint density at radius 3 is 2.24 bits per heavy atom. The lowest BCUT2D eigenvalue weighted by Gasteiger charge is -2.32. The van der Waals surface area contributed by atoms with Gasteiger partial charge in [-0.3, -0.25) is 9.59 Å². The monoisotopic (exact) mass is 506 g/mol. The highest BCUT2D eigenvalue weighted by Crippen LogP contribution is 2.19. The van der Waals surface area contributed by atoms with Crippen molar-refractivity contribution in [2.45, 2.75) is 45.7 Å². The fourth-order valence-electron chi connectivity index (χ4n) is 3.78. The van der Waals surface area contributed by atoms with Crippen LogP contribution in [-0.2, 0) is 29.0 Å². The molecule has 4 nitrogen and oxygen atoms in total. The number of rotatable bonds is 10. The van der Waals surface area contributed by atoms with Crippen LogP contribution in [0.3, 0.4) is 0 Å². The predicted molar refractivity (Wildman–Crippen MR) is 137 cm³/mol. The van der Waals surface area contributed by atoms with Crippen LogP contribution < -0.4 is 5.32 Å². The molecule has 0 heterocycles. The molecule has 172 valence electrons. The summed E-state index contributed by atoms with van der Waals surface area (Å²) in [6.07, 6.45) is 1.57. The van der Waals surface area contributed by atoms with Gasteiger partial charge in [0.15, 0.2) is 0 Å². The summed E-state index contributed by atoms with van der Waals surface area (Å²) in [4.78, 5) is 28.7. The van der Waals surface area contributed by atoms with E-state index >= 15 is 0 Å². The van der Waals surface area contributed by atoms with Crippen LogP contribution >= 0.6 is 15.9 Å². The van der Waals surface area contributed by atoms with Gasteiger partial charge in [-0.1, -0.05) is 89.6 Å². The molecular formula is C28H31BrN2O2. The van der Waals surface area contributed by atoms with Crippen molar-refractivity contribution in [1.82, 2.24) is 10.2 Å². The van der Waals surface area contributed by atoms with Crippen LogP contribution in [0.25, 0.3) is 0 Å². The topological polar surface area (TPSA) is 49.4 Å². The lowest BCUT2D eigenvalue weighted by Crippen LogP contribution is -2.51. The van der Waals surface area contributed by atoms with E-state index in [9.17, 15) is 9.59 Å². The van der Waals surface area contributed by atoms with Crippen LogP contribution in [-0.4, -0.2) is 29.3 Å². The smallest absolute Gasteiger partial charge is 0.243 e. The van der Waals surface area contributed by atoms with Gasteiger partial charge >= 0.3 is 0 Å². The van der Waals surface area contributed by atoms with E-state index < -0.39 is 6.04 Å². The zero-order chi connectivity index (χ0) is 23.6. The average Bonchev–Trinajstić information content (AvgIpc) is 2.83. The Bertz CT molecular complexity index is 1050. The predicted octanol–water partition coefficient (Wildman–Crippen LogP) is 5.47. The Morgan fingerprint density at radius 1 is 0.909 bits per heavy atom. The number of hydrogen-bond donors (Lipinski definition) is 1. The van der Waals surface area contributed by atoms with Gasteiger partial charge in [0.25, 0.3) is 0 Å². The summed E-state index contributed by atoms with van der Waals surface area (Å²) in [5.74, 6) is -0.171. The molecule has 0 radical (unpaired) electrons. The van der Waals surface area contributed by atoms with Crippen LogP contribution in [0.15, 0.2) is 83.3 Å². The van der Waals surface area contributed by atoms with Crippen molar-refractivity contribution >= 4 is 27.7 Å². The van der Waals surface area contributed by atoms with Crippen molar-refractivity contribution in [1.29, 1.82) is 0 Å². The minimum Gasteiger partial charge on any atom is -0.354 e. The molecule has 0 saturated carbocycles. The van der Waals surface area contributed by atoms with Gasteiger partial charge in [-0.05, 0) is 47.7 Å². The molecule has 0 aliphatic rings. The summed E-state index contributed by atoms with van der Waals surface area (Å²) >= 11 is 3.47. The molecule has 0 aliphatic carbocycles. The molecule has 0 spiro atoms. The maximum Gasteiger partial charge on any atom is 0.243 e. The second-order valence-corrected chi connectivity index (χ2v) is 9.16. The highest BCUT2D eigenvalue weighted by molar-refractivity contribution is 9.10. The Morgan fingerprint density at radius 2 is 1.58 bits per heavy atom. The molecule has 0 bridgehead atoms. The van der Waals surface area contributed by atoms with E-state index in [1.807, 2.05) is 92.7 Å². The summed E-state index contributed by atoms with van der Waals surface area (Å²) < 4.78 is 0.977. The van der Waals surface area contributed by atoms with Gasteiger partial charge in [-0.2, -0.15) is 0 Å². The van der Waals surface area contributed by atoms with E-state index in [1.54, 1.807) is 4.90 Å². The first-order valence-corrected chi connectivity index (χ1v) is 12.2. The molecule has 3 aromatic carbocycles. The van der Waals surface area contributed by atoms with E-state index in [0.717, 1.165) is 33.1 Å². The molecule has 1 atom stereocenters. The summed E-state index contributed by atoms with van der Waals surface area (Å²) in [6, 6.07) is 25.1. The Hall–Kier alpha value is -2.92. The fourth-order valence-corrected chi connectivity index (χ4v) is 4.04. The number of hydrogen-bond acceptors (Lipinski definition) is 2. The number of aryl methyl sites for hydroxylation is 1. The summed E-state index contributed by atoms with van der Waals surface area (Å²) in [5, 5.41) is 3.02. The first-order valence-electron chi connectivity index (χ1n) is 11.4. The van der Waals surface area contributed by atoms with Crippen LogP contribution in [0.5, 0.6) is 0 Å². The Kier molecular flexibility index (Phi) is 9.25. The first kappa shape index (κ1) is 24.7. The molecule has 3 rings (SSSR count). The summed E-state index contributed by atoms with van der Waals surface area (Å²) in [5.41, 5.74) is 4.07. The number of halogens is 1. The van der Waals surface area contributed by atoms with Crippen LogP contribution in [0.1, 0.15) is 35.6 Å². The minimum absolute atomic E-state index is 0.0557. The van der Waals surface area contributed by atoms with Crippen molar-refractivity contribution in [3.8, 4) is 0 Å². The van der Waals surface area contributed by atoms with Gasteiger partial charge in [0.2, 0.25) is 11.8 Å². The van der Waals surface area contributed by atoms with Crippen LogP contribution in [0.2, 0.25) is 0 Å². The molecule has 1 N–H and O–H groups in total. The van der Waals surface area contributed by atoms with Crippen LogP contribution in [0.4, 0.5) is 0 Å². The van der Waals surface area contributed by atoms with E-state index in [4.69, 9.17) is 0 Å². The zero-order valence-corrected chi connectivity index (χ0v) is 20.8. The van der Waals surface area contributed by atoms with Gasteiger partial charge in [-0.25, -0.2) is 0 Å². The normalized spacial score (nSPS) is 11.6. The van der Waals surface area contributed by atoms with Crippen molar-refractivity contribution in [3.05, 3.63) is 106 Å². The molecule has 0 saturated heterocycles. The molecule has 0 aromatic heterocycles. The third kappa shape index (κ3) is 7.29. The van der Waals surface area contributed by atoms with Crippen molar-refractivity contribution in [2.24, 2.45) is 0 Å². The molecule has 33 heavy (non-hydrogen) atoms. The van der Waals surface area contributed by atoms with Gasteiger partial charge in [0.05, 0.1) is 6.42 Å². The Labute approximate surface area is 205 Å². The second-order valence-electron chi connectivity index (χ2n) is 8.25. The molecular weight excluding hydrogens is 476 g/mol. The minimum atomic E-state index is -0.598. The van der Waals surface area contributed by atoms with Gasteiger partial charge in [0, 0.05) is 24.0 Å². The maximum absolute atomic E-state index is 13.7. The van der Waals surface area contributed by atoms with Crippen molar-refractivity contribution in [3.63, 3.8) is 0 Å². The average molecular weight is 507 g/mol. The first-order chi connectivity index (χ1) is 16.0. The zero-order valence-electron chi connectivity index (χ0n) is 19.3. The van der Waals surface area contributed by atoms with Crippen molar-refractivity contribution in [2.75, 3.05) is 6.54 Å². The third-order valence-electron chi connectivity index (χ3n) is 5.69. The van der Waals surface area contributed by atoms with E-state index in [0.29, 0.717) is 19.5 Å². The molecule has 0 unspecified atom stereocenters. The molecule has 0 fully saturated rings. The van der Waals surface area contributed by atoms with Gasteiger partial charge in [0.1, 0.15) is 6.04 Å². The number of carbonyl (C=O) groups is 2. The van der Waals surface area contributed by atoms with E-state index in [1.165, 1.54) is 0 Å². The maximum atomic E-state index is 13.7. The van der Waals surface area contributed by atoms with E-state index in [2.05, 4.69) is 21.2 Å². The quantitative estimate of drug-likeness (QED) is 0.396. The standard InChI is InChI=1S/C28H31BrN2O2/c1-3-17-30-28(33)26(18-22-10-5-4-6-11-22)31(20-23-13-15-25(29)16-14-23)27(32)19-24-12-8-7-9-21(24)2/h4-16,26H,3,17-20H2,1-2H3,(H,30,33)/t26-/m1/s1. The van der Waals surface area contributed by atoms with E-state index in [-0.39, 0.29) is 18.2 Å². The highest BCUT2D eigenvalue weighted by atomic mass is 79.9. The van der Waals surface area contributed by atoms with Gasteiger partial charge in [-0.15, -0.1) is 0 Å². The Balaban J connectivity index is 1.95.